The van der Waals surface area contributed by atoms with E-state index in [2.05, 4.69) is 27.4 Å². The monoisotopic (exact) mass is 349 g/mol. The van der Waals surface area contributed by atoms with Gasteiger partial charge in [0.15, 0.2) is 5.17 Å². The molecule has 0 saturated carbocycles. The molecule has 0 saturated heterocycles. The maximum Gasteiger partial charge on any atom is 0.180 e. The summed E-state index contributed by atoms with van der Waals surface area (Å²) >= 11 is 1.47. The van der Waals surface area contributed by atoms with E-state index in [1.54, 1.807) is 17.1 Å². The Hall–Kier alpha value is -2.86. The first-order chi connectivity index (χ1) is 12.2. The summed E-state index contributed by atoms with van der Waals surface area (Å²) in [5.41, 5.74) is 10.2. The zero-order valence-electron chi connectivity index (χ0n) is 13.9. The maximum absolute atomic E-state index is 5.93. The molecule has 0 unspecified atom stereocenters. The average Bonchev–Trinajstić information content (AvgIpc) is 3.15. The Morgan fingerprint density at radius 2 is 2.04 bits per heavy atom. The lowest BCUT2D eigenvalue weighted by Crippen LogP contribution is -2.06. The van der Waals surface area contributed by atoms with E-state index in [0.29, 0.717) is 5.17 Å². The predicted molar refractivity (Wildman–Crippen MR) is 105 cm³/mol. The van der Waals surface area contributed by atoms with Gasteiger partial charge in [0.25, 0.3) is 0 Å². The normalized spacial score (nSPS) is 12.0. The van der Waals surface area contributed by atoms with Crippen molar-refractivity contribution in [2.75, 3.05) is 0 Å². The van der Waals surface area contributed by atoms with Crippen LogP contribution >= 0.6 is 11.8 Å². The Bertz CT molecular complexity index is 870. The topological polar surface area (TPSA) is 68.6 Å². The number of nitrogens with zero attached hydrogens (tertiary/aromatic N) is 4. The van der Waals surface area contributed by atoms with Gasteiger partial charge in [-0.3, -0.25) is 0 Å². The summed E-state index contributed by atoms with van der Waals surface area (Å²) in [5.74, 6) is 0.772. The number of nitrogens with two attached hydrogens (primary N) is 1. The molecule has 0 aliphatic rings. The minimum absolute atomic E-state index is 0.438. The maximum atomic E-state index is 5.93. The molecule has 126 valence electrons. The van der Waals surface area contributed by atoms with Gasteiger partial charge < -0.3 is 5.73 Å². The molecule has 3 aromatic rings. The van der Waals surface area contributed by atoms with Crippen LogP contribution < -0.4 is 5.73 Å². The van der Waals surface area contributed by atoms with Gasteiger partial charge in [0.1, 0.15) is 0 Å². The first-order valence-electron chi connectivity index (χ1n) is 7.86. The average molecular weight is 349 g/mol. The molecular formula is C19H19N5S. The van der Waals surface area contributed by atoms with E-state index in [1.165, 1.54) is 17.3 Å². The van der Waals surface area contributed by atoms with Crippen molar-refractivity contribution in [3.05, 3.63) is 83.7 Å². The molecule has 0 fully saturated rings. The molecular weight excluding hydrogens is 330 g/mol. The van der Waals surface area contributed by atoms with Crippen LogP contribution in [-0.4, -0.2) is 21.2 Å². The van der Waals surface area contributed by atoms with Gasteiger partial charge in [0, 0.05) is 23.7 Å². The molecule has 5 nitrogen and oxygen atoms in total. The van der Waals surface area contributed by atoms with Crippen LogP contribution in [0.25, 0.3) is 5.69 Å². The lowest BCUT2D eigenvalue weighted by atomic mass is 10.1. The van der Waals surface area contributed by atoms with E-state index in [-0.39, 0.29) is 0 Å². The highest BCUT2D eigenvalue weighted by molar-refractivity contribution is 8.13. The number of aryl methyl sites for hydroxylation is 1. The van der Waals surface area contributed by atoms with Crippen LogP contribution in [0.5, 0.6) is 0 Å². The van der Waals surface area contributed by atoms with Crippen molar-refractivity contribution >= 4 is 23.1 Å². The summed E-state index contributed by atoms with van der Waals surface area (Å²) in [7, 11) is 0. The Balaban J connectivity index is 1.70. The lowest BCUT2D eigenvalue weighted by Gasteiger charge is -2.06. The summed E-state index contributed by atoms with van der Waals surface area (Å²) < 4.78 is 1.80. The zero-order valence-corrected chi connectivity index (χ0v) is 14.7. The first kappa shape index (κ1) is 17.0. The third kappa shape index (κ3) is 4.81. The molecule has 2 aromatic carbocycles. The van der Waals surface area contributed by atoms with Gasteiger partial charge in [-0.2, -0.15) is 10.2 Å². The van der Waals surface area contributed by atoms with Gasteiger partial charge in [0.2, 0.25) is 0 Å². The van der Waals surface area contributed by atoms with Crippen molar-refractivity contribution in [3.63, 3.8) is 0 Å². The van der Waals surface area contributed by atoms with Crippen LogP contribution in [0.3, 0.4) is 0 Å². The predicted octanol–water partition coefficient (Wildman–Crippen LogP) is 3.76. The Kier molecular flexibility index (Phi) is 5.64. The second-order valence-corrected chi connectivity index (χ2v) is 6.47. The zero-order chi connectivity index (χ0) is 17.5. The van der Waals surface area contributed by atoms with E-state index in [4.69, 9.17) is 5.73 Å². The van der Waals surface area contributed by atoms with Gasteiger partial charge >= 0.3 is 0 Å². The van der Waals surface area contributed by atoms with Gasteiger partial charge in [0.05, 0.1) is 11.9 Å². The summed E-state index contributed by atoms with van der Waals surface area (Å²) in [6, 6.07) is 18.1. The molecule has 2 N–H and O–H groups in total. The molecule has 3 rings (SSSR count). The molecule has 0 spiro atoms. The molecule has 0 amide bonds. The number of amidine groups is 1. The molecule has 0 atom stereocenters. The highest BCUT2D eigenvalue weighted by Gasteiger charge is 2.03. The van der Waals surface area contributed by atoms with Crippen LogP contribution in [0.2, 0.25) is 0 Å². The second kappa shape index (κ2) is 8.30. The van der Waals surface area contributed by atoms with E-state index in [1.807, 2.05) is 55.6 Å². The largest absolute Gasteiger partial charge is 0.377 e. The van der Waals surface area contributed by atoms with Crippen molar-refractivity contribution in [1.82, 2.24) is 9.78 Å². The third-order valence-electron chi connectivity index (χ3n) is 3.52. The van der Waals surface area contributed by atoms with E-state index < -0.39 is 0 Å². The molecule has 6 heteroatoms. The van der Waals surface area contributed by atoms with Crippen molar-refractivity contribution in [3.8, 4) is 5.69 Å². The van der Waals surface area contributed by atoms with Crippen molar-refractivity contribution < 1.29 is 0 Å². The second-order valence-electron chi connectivity index (χ2n) is 5.47. The summed E-state index contributed by atoms with van der Waals surface area (Å²) in [6.45, 7) is 2.04. The number of aromatic nitrogens is 2. The molecule has 0 aliphatic carbocycles. The van der Waals surface area contributed by atoms with Gasteiger partial charge in [-0.05, 0) is 30.7 Å². The smallest absolute Gasteiger partial charge is 0.180 e. The summed E-state index contributed by atoms with van der Waals surface area (Å²) in [6.07, 6.45) is 5.35. The molecule has 0 bridgehead atoms. The van der Waals surface area contributed by atoms with Crippen LogP contribution in [0, 0.1) is 6.92 Å². The van der Waals surface area contributed by atoms with Crippen LogP contribution in [0.1, 0.15) is 16.7 Å². The van der Waals surface area contributed by atoms with E-state index in [9.17, 15) is 0 Å². The third-order valence-corrected chi connectivity index (χ3v) is 4.37. The fraction of sp³-hybridized carbons (Fsp3) is 0.105. The number of benzene rings is 2. The summed E-state index contributed by atoms with van der Waals surface area (Å²) in [5, 5.41) is 12.9. The minimum Gasteiger partial charge on any atom is -0.377 e. The Labute approximate surface area is 151 Å². The van der Waals surface area contributed by atoms with Gasteiger partial charge in [-0.25, -0.2) is 4.68 Å². The van der Waals surface area contributed by atoms with Crippen molar-refractivity contribution in [2.45, 2.75) is 12.7 Å². The fourth-order valence-corrected chi connectivity index (χ4v) is 2.92. The lowest BCUT2D eigenvalue weighted by molar-refractivity contribution is 0.878. The molecule has 0 aliphatic heterocycles. The number of hydrogen-bond donors (Lipinski definition) is 1. The number of rotatable bonds is 5. The SMILES string of the molecule is Cc1ccc(-n2cccn2)c(C=NN=C(N)SCc2ccccc2)c1. The molecule has 1 heterocycles. The standard InChI is InChI=1S/C19H19N5S/c1-15-8-9-18(24-11-5-10-22-24)17(12-15)13-21-23-19(20)25-14-16-6-3-2-4-7-16/h2-13H,14H2,1H3,(H2,20,23). The minimum atomic E-state index is 0.438. The van der Waals surface area contributed by atoms with Crippen LogP contribution in [0.15, 0.2) is 77.2 Å². The Morgan fingerprint density at radius 1 is 1.20 bits per heavy atom. The molecule has 1 aromatic heterocycles. The number of thioether (sulfide) groups is 1. The number of hydrogen-bond acceptors (Lipinski definition) is 4. The van der Waals surface area contributed by atoms with Crippen molar-refractivity contribution in [2.24, 2.45) is 15.9 Å². The first-order valence-corrected chi connectivity index (χ1v) is 8.85. The highest BCUT2D eigenvalue weighted by Crippen LogP contribution is 2.15. The van der Waals surface area contributed by atoms with Crippen LogP contribution in [-0.2, 0) is 5.75 Å². The fourth-order valence-electron chi connectivity index (χ4n) is 2.31. The van der Waals surface area contributed by atoms with Crippen molar-refractivity contribution in [1.29, 1.82) is 0 Å². The Morgan fingerprint density at radius 3 is 2.80 bits per heavy atom. The van der Waals surface area contributed by atoms with Crippen LogP contribution in [0.4, 0.5) is 0 Å². The van der Waals surface area contributed by atoms with Gasteiger partial charge in [-0.15, -0.1) is 5.10 Å². The quantitative estimate of drug-likeness (QED) is 0.433. The van der Waals surface area contributed by atoms with Gasteiger partial charge in [-0.1, -0.05) is 53.7 Å². The van der Waals surface area contributed by atoms with E-state index in [0.717, 1.165) is 22.6 Å². The van der Waals surface area contributed by atoms with E-state index >= 15 is 0 Å². The molecule has 25 heavy (non-hydrogen) atoms. The summed E-state index contributed by atoms with van der Waals surface area (Å²) in [4.78, 5) is 0. The highest BCUT2D eigenvalue weighted by atomic mass is 32.2. The molecule has 0 radical (unpaired) electrons.